The van der Waals surface area contributed by atoms with E-state index in [1.807, 2.05) is 20.8 Å². The van der Waals surface area contributed by atoms with Crippen molar-refractivity contribution in [1.82, 2.24) is 5.32 Å². The fourth-order valence-corrected chi connectivity index (χ4v) is 1.38. The molecule has 1 atom stereocenters. The third-order valence-corrected chi connectivity index (χ3v) is 2.25. The Bertz CT molecular complexity index is 480. The monoisotopic (exact) mass is 267 g/mol. The van der Waals surface area contributed by atoms with E-state index in [0.29, 0.717) is 0 Å². The number of hydrogen-bond acceptors (Lipinski definition) is 3. The van der Waals surface area contributed by atoms with E-state index in [4.69, 9.17) is 4.74 Å². The smallest absolute Gasteiger partial charge is 0.341 e. The van der Waals surface area contributed by atoms with Crippen LogP contribution >= 0.6 is 0 Å². The maximum Gasteiger partial charge on any atom is 0.341 e. The summed E-state index contributed by atoms with van der Waals surface area (Å²) in [7, 11) is 0. The normalized spacial score (nSPS) is 12.7. The Kier molecular flexibility index (Phi) is 4.64. The third-order valence-electron chi connectivity index (χ3n) is 2.25. The summed E-state index contributed by atoms with van der Waals surface area (Å²) in [6.45, 7) is 6.89. The first-order valence-electron chi connectivity index (χ1n) is 5.98. The minimum Gasteiger partial charge on any atom is -0.449 e. The molecule has 5 heteroatoms. The molecule has 0 aliphatic carbocycles. The molecule has 0 spiro atoms. The molecule has 0 aliphatic rings. The van der Waals surface area contributed by atoms with E-state index in [1.54, 1.807) is 0 Å². The lowest BCUT2D eigenvalue weighted by molar-refractivity contribution is -0.130. The molecule has 0 fully saturated rings. The molecule has 0 radical (unpaired) electrons. The van der Waals surface area contributed by atoms with Crippen molar-refractivity contribution in [3.8, 4) is 0 Å². The molecule has 104 valence electrons. The topological polar surface area (TPSA) is 55.4 Å². The molecule has 1 N–H and O–H groups in total. The molecule has 4 nitrogen and oxygen atoms in total. The number of esters is 1. The van der Waals surface area contributed by atoms with Crippen molar-refractivity contribution in [2.45, 2.75) is 39.3 Å². The first-order valence-corrected chi connectivity index (χ1v) is 5.98. The minimum absolute atomic E-state index is 0.182. The van der Waals surface area contributed by atoms with Gasteiger partial charge in [-0.05, 0) is 39.8 Å². The zero-order valence-corrected chi connectivity index (χ0v) is 11.5. The highest BCUT2D eigenvalue weighted by Crippen LogP contribution is 2.10. The average Bonchev–Trinajstić information content (AvgIpc) is 2.27. The summed E-state index contributed by atoms with van der Waals surface area (Å²) in [6.07, 6.45) is -0.980. The summed E-state index contributed by atoms with van der Waals surface area (Å²) in [4.78, 5) is 23.4. The summed E-state index contributed by atoms with van der Waals surface area (Å²) >= 11 is 0. The maximum absolute atomic E-state index is 13.4. The van der Waals surface area contributed by atoms with Crippen molar-refractivity contribution in [3.63, 3.8) is 0 Å². The van der Waals surface area contributed by atoms with Crippen LogP contribution in [0.3, 0.4) is 0 Å². The number of halogens is 1. The Labute approximate surface area is 112 Å². The lowest BCUT2D eigenvalue weighted by Gasteiger charge is -2.23. The summed E-state index contributed by atoms with van der Waals surface area (Å²) < 4.78 is 18.3. The number of ether oxygens (including phenoxy) is 1. The van der Waals surface area contributed by atoms with Crippen LogP contribution in [0.5, 0.6) is 0 Å². The van der Waals surface area contributed by atoms with Gasteiger partial charge in [0.1, 0.15) is 5.82 Å². The zero-order chi connectivity index (χ0) is 14.6. The zero-order valence-electron chi connectivity index (χ0n) is 11.5. The molecule has 0 saturated carbocycles. The quantitative estimate of drug-likeness (QED) is 0.855. The Morgan fingerprint density at radius 3 is 2.37 bits per heavy atom. The number of nitrogens with one attached hydrogen (secondary N) is 1. The van der Waals surface area contributed by atoms with Crippen LogP contribution in [0.4, 0.5) is 4.39 Å². The molecule has 1 aromatic carbocycles. The van der Waals surface area contributed by atoms with Crippen LogP contribution < -0.4 is 5.32 Å². The van der Waals surface area contributed by atoms with Gasteiger partial charge in [0, 0.05) is 5.54 Å². The van der Waals surface area contributed by atoms with Crippen LogP contribution in [0.2, 0.25) is 0 Å². The molecule has 19 heavy (non-hydrogen) atoms. The predicted molar refractivity (Wildman–Crippen MR) is 69.2 cm³/mol. The fraction of sp³-hybridized carbons (Fsp3) is 0.429. The Morgan fingerprint density at radius 2 is 1.84 bits per heavy atom. The molecule has 0 aliphatic heterocycles. The molecule has 0 bridgehead atoms. The standard InChI is InChI=1S/C14H18FNO3/c1-9(12(17)16-14(2,3)4)19-13(18)10-7-5-6-8-11(10)15/h5-9H,1-4H3,(H,16,17). The molecule has 1 amide bonds. The summed E-state index contributed by atoms with van der Waals surface area (Å²) in [5.41, 5.74) is -0.603. The van der Waals surface area contributed by atoms with Gasteiger partial charge < -0.3 is 10.1 Å². The van der Waals surface area contributed by atoms with E-state index in [9.17, 15) is 14.0 Å². The van der Waals surface area contributed by atoms with Crippen LogP contribution in [-0.4, -0.2) is 23.5 Å². The third kappa shape index (κ3) is 4.69. The van der Waals surface area contributed by atoms with Gasteiger partial charge in [0.15, 0.2) is 6.10 Å². The van der Waals surface area contributed by atoms with E-state index in [1.165, 1.54) is 25.1 Å². The second-order valence-corrected chi connectivity index (χ2v) is 5.27. The van der Waals surface area contributed by atoms with Crippen molar-refractivity contribution in [2.24, 2.45) is 0 Å². The first-order chi connectivity index (χ1) is 8.70. The number of benzene rings is 1. The highest BCUT2D eigenvalue weighted by Gasteiger charge is 2.23. The molecule has 1 rings (SSSR count). The highest BCUT2D eigenvalue weighted by molar-refractivity contribution is 5.92. The molecule has 0 heterocycles. The minimum atomic E-state index is -0.980. The van der Waals surface area contributed by atoms with Crippen molar-refractivity contribution >= 4 is 11.9 Å². The summed E-state index contributed by atoms with van der Waals surface area (Å²) in [6, 6.07) is 5.48. The summed E-state index contributed by atoms with van der Waals surface area (Å²) in [5.74, 6) is -1.94. The lowest BCUT2D eigenvalue weighted by Crippen LogP contribution is -2.46. The maximum atomic E-state index is 13.4. The van der Waals surface area contributed by atoms with E-state index in [2.05, 4.69) is 5.32 Å². The first kappa shape index (κ1) is 15.1. The van der Waals surface area contributed by atoms with Crippen molar-refractivity contribution in [2.75, 3.05) is 0 Å². The van der Waals surface area contributed by atoms with Gasteiger partial charge in [-0.15, -0.1) is 0 Å². The van der Waals surface area contributed by atoms with Crippen LogP contribution in [0, 0.1) is 5.82 Å². The Morgan fingerprint density at radius 1 is 1.26 bits per heavy atom. The highest BCUT2D eigenvalue weighted by atomic mass is 19.1. The lowest BCUT2D eigenvalue weighted by atomic mass is 10.1. The van der Waals surface area contributed by atoms with Gasteiger partial charge in [-0.25, -0.2) is 9.18 Å². The van der Waals surface area contributed by atoms with Crippen molar-refractivity contribution in [3.05, 3.63) is 35.6 Å². The number of carbonyl (C=O) groups excluding carboxylic acids is 2. The van der Waals surface area contributed by atoms with Crippen LogP contribution in [0.15, 0.2) is 24.3 Å². The van der Waals surface area contributed by atoms with Crippen LogP contribution in [-0.2, 0) is 9.53 Å². The number of carbonyl (C=O) groups is 2. The van der Waals surface area contributed by atoms with E-state index in [0.717, 1.165) is 6.07 Å². The van der Waals surface area contributed by atoms with Crippen LogP contribution in [0.25, 0.3) is 0 Å². The second-order valence-electron chi connectivity index (χ2n) is 5.27. The number of amides is 1. The van der Waals surface area contributed by atoms with Gasteiger partial charge in [0.25, 0.3) is 5.91 Å². The van der Waals surface area contributed by atoms with Crippen LogP contribution in [0.1, 0.15) is 38.1 Å². The van der Waals surface area contributed by atoms with E-state index >= 15 is 0 Å². The van der Waals surface area contributed by atoms with Crippen molar-refractivity contribution in [1.29, 1.82) is 0 Å². The predicted octanol–water partition coefficient (Wildman–Crippen LogP) is 2.29. The van der Waals surface area contributed by atoms with E-state index in [-0.39, 0.29) is 5.56 Å². The molecule has 1 aromatic rings. The SMILES string of the molecule is CC(OC(=O)c1ccccc1F)C(=O)NC(C)(C)C. The van der Waals surface area contributed by atoms with E-state index < -0.39 is 29.3 Å². The molecule has 0 aromatic heterocycles. The summed E-state index contributed by atoms with van der Waals surface area (Å²) in [5, 5.41) is 2.68. The van der Waals surface area contributed by atoms with Gasteiger partial charge in [-0.3, -0.25) is 4.79 Å². The Balaban J connectivity index is 2.67. The molecule has 1 unspecified atom stereocenters. The van der Waals surface area contributed by atoms with Gasteiger partial charge in [0.05, 0.1) is 5.56 Å². The molecular formula is C14H18FNO3. The fourth-order valence-electron chi connectivity index (χ4n) is 1.38. The number of hydrogen-bond donors (Lipinski definition) is 1. The largest absolute Gasteiger partial charge is 0.449 e. The Hall–Kier alpha value is -1.91. The molecule has 0 saturated heterocycles. The van der Waals surface area contributed by atoms with Crippen molar-refractivity contribution < 1.29 is 18.7 Å². The van der Waals surface area contributed by atoms with Gasteiger partial charge >= 0.3 is 5.97 Å². The molecular weight excluding hydrogens is 249 g/mol. The van der Waals surface area contributed by atoms with Gasteiger partial charge in [-0.2, -0.15) is 0 Å². The number of rotatable bonds is 3. The van der Waals surface area contributed by atoms with Gasteiger partial charge in [-0.1, -0.05) is 12.1 Å². The second kappa shape index (κ2) is 5.82. The van der Waals surface area contributed by atoms with Gasteiger partial charge in [0.2, 0.25) is 0 Å². The average molecular weight is 267 g/mol.